The zero-order chi connectivity index (χ0) is 13.8. The SMILES string of the molecule is CC(C)C1CCN(C(=O)COc2ccc(N)cc2)C1. The average molecular weight is 262 g/mol. The number of nitrogen functional groups attached to an aromatic ring is 1. The summed E-state index contributed by atoms with van der Waals surface area (Å²) >= 11 is 0. The van der Waals surface area contributed by atoms with E-state index in [0.29, 0.717) is 23.3 Å². The molecular weight excluding hydrogens is 240 g/mol. The Hall–Kier alpha value is -1.71. The molecule has 1 aliphatic heterocycles. The molecule has 1 unspecified atom stereocenters. The molecule has 4 heteroatoms. The molecule has 2 N–H and O–H groups in total. The van der Waals surface area contributed by atoms with Gasteiger partial charge < -0.3 is 15.4 Å². The molecule has 19 heavy (non-hydrogen) atoms. The number of carbonyl (C=O) groups is 1. The second-order valence-corrected chi connectivity index (χ2v) is 5.49. The van der Waals surface area contributed by atoms with E-state index in [4.69, 9.17) is 10.5 Å². The number of hydrogen-bond donors (Lipinski definition) is 1. The largest absolute Gasteiger partial charge is 0.484 e. The highest BCUT2D eigenvalue weighted by Gasteiger charge is 2.28. The summed E-state index contributed by atoms with van der Waals surface area (Å²) in [5.74, 6) is 2.01. The molecule has 1 aromatic rings. The lowest BCUT2D eigenvalue weighted by Crippen LogP contribution is -2.33. The maximum Gasteiger partial charge on any atom is 0.260 e. The van der Waals surface area contributed by atoms with Crippen LogP contribution in [0, 0.1) is 11.8 Å². The Morgan fingerprint density at radius 3 is 2.68 bits per heavy atom. The minimum Gasteiger partial charge on any atom is -0.484 e. The van der Waals surface area contributed by atoms with Crippen LogP contribution in [0.25, 0.3) is 0 Å². The Morgan fingerprint density at radius 2 is 2.11 bits per heavy atom. The topological polar surface area (TPSA) is 55.6 Å². The maximum atomic E-state index is 12.0. The minimum absolute atomic E-state index is 0.0694. The third kappa shape index (κ3) is 3.63. The van der Waals surface area contributed by atoms with Gasteiger partial charge in [-0.1, -0.05) is 13.8 Å². The Balaban J connectivity index is 1.80. The van der Waals surface area contributed by atoms with E-state index in [-0.39, 0.29) is 12.5 Å². The Kier molecular flexibility index (Phi) is 4.30. The van der Waals surface area contributed by atoms with Gasteiger partial charge in [0.25, 0.3) is 5.91 Å². The van der Waals surface area contributed by atoms with Crippen LogP contribution < -0.4 is 10.5 Å². The van der Waals surface area contributed by atoms with E-state index >= 15 is 0 Å². The Labute approximate surface area is 114 Å². The summed E-state index contributed by atoms with van der Waals surface area (Å²) in [6, 6.07) is 7.10. The monoisotopic (exact) mass is 262 g/mol. The number of nitrogens with zero attached hydrogens (tertiary/aromatic N) is 1. The molecule has 0 bridgehead atoms. The third-order valence-corrected chi connectivity index (χ3v) is 3.76. The van der Waals surface area contributed by atoms with Gasteiger partial charge in [0.2, 0.25) is 0 Å². The second-order valence-electron chi connectivity index (χ2n) is 5.49. The van der Waals surface area contributed by atoms with Gasteiger partial charge in [-0.15, -0.1) is 0 Å². The van der Waals surface area contributed by atoms with Gasteiger partial charge in [-0.2, -0.15) is 0 Å². The fraction of sp³-hybridized carbons (Fsp3) is 0.533. The van der Waals surface area contributed by atoms with Gasteiger partial charge in [0.1, 0.15) is 5.75 Å². The van der Waals surface area contributed by atoms with Crippen LogP contribution in [0.3, 0.4) is 0 Å². The lowest BCUT2D eigenvalue weighted by Gasteiger charge is -2.18. The normalized spacial score (nSPS) is 18.9. The van der Waals surface area contributed by atoms with Crippen molar-refractivity contribution < 1.29 is 9.53 Å². The molecule has 104 valence electrons. The molecule has 1 aromatic carbocycles. The molecular formula is C15H22N2O2. The summed E-state index contributed by atoms with van der Waals surface area (Å²) < 4.78 is 5.48. The Morgan fingerprint density at radius 1 is 1.42 bits per heavy atom. The van der Waals surface area contributed by atoms with Gasteiger partial charge in [0.05, 0.1) is 0 Å². The molecule has 2 rings (SSSR count). The van der Waals surface area contributed by atoms with Crippen LogP contribution in [0.5, 0.6) is 5.75 Å². The highest BCUT2D eigenvalue weighted by molar-refractivity contribution is 5.78. The van der Waals surface area contributed by atoms with Crippen molar-refractivity contribution in [2.45, 2.75) is 20.3 Å². The van der Waals surface area contributed by atoms with Gasteiger partial charge in [-0.25, -0.2) is 0 Å². The Bertz CT molecular complexity index is 428. The highest BCUT2D eigenvalue weighted by atomic mass is 16.5. The molecule has 0 aromatic heterocycles. The van der Waals surface area contributed by atoms with Crippen LogP contribution in [-0.4, -0.2) is 30.5 Å². The lowest BCUT2D eigenvalue weighted by molar-refractivity contribution is -0.132. The molecule has 0 saturated carbocycles. The van der Waals surface area contributed by atoms with Crippen LogP contribution in [0.1, 0.15) is 20.3 Å². The van der Waals surface area contributed by atoms with E-state index in [1.165, 1.54) is 0 Å². The first kappa shape index (κ1) is 13.7. The molecule has 0 radical (unpaired) electrons. The lowest BCUT2D eigenvalue weighted by atomic mass is 9.95. The zero-order valence-corrected chi connectivity index (χ0v) is 11.6. The summed E-state index contributed by atoms with van der Waals surface area (Å²) in [4.78, 5) is 13.9. The van der Waals surface area contributed by atoms with Gasteiger partial charge in [-0.3, -0.25) is 4.79 Å². The van der Waals surface area contributed by atoms with Gasteiger partial charge >= 0.3 is 0 Å². The van der Waals surface area contributed by atoms with Gasteiger partial charge in [-0.05, 0) is 42.5 Å². The van der Waals surface area contributed by atoms with Crippen molar-refractivity contribution in [2.75, 3.05) is 25.4 Å². The van der Waals surface area contributed by atoms with Crippen LogP contribution in [0.4, 0.5) is 5.69 Å². The molecule has 0 aliphatic carbocycles. The predicted octanol–water partition coefficient (Wildman–Crippen LogP) is 2.15. The van der Waals surface area contributed by atoms with Gasteiger partial charge in [0, 0.05) is 18.8 Å². The standard InChI is InChI=1S/C15H22N2O2/c1-11(2)12-7-8-17(9-12)15(18)10-19-14-5-3-13(16)4-6-14/h3-6,11-12H,7-10,16H2,1-2H3. The van der Waals surface area contributed by atoms with Crippen molar-refractivity contribution >= 4 is 11.6 Å². The molecule has 1 fully saturated rings. The molecule has 1 atom stereocenters. The highest BCUT2D eigenvalue weighted by Crippen LogP contribution is 2.23. The molecule has 1 saturated heterocycles. The van der Waals surface area contributed by atoms with Crippen molar-refractivity contribution in [3.8, 4) is 5.75 Å². The molecule has 1 aliphatic rings. The minimum atomic E-state index is 0.0694. The van der Waals surface area contributed by atoms with Crippen molar-refractivity contribution in [1.82, 2.24) is 4.90 Å². The summed E-state index contributed by atoms with van der Waals surface area (Å²) in [5.41, 5.74) is 6.29. The number of ether oxygens (including phenoxy) is 1. The van der Waals surface area contributed by atoms with Crippen molar-refractivity contribution in [3.05, 3.63) is 24.3 Å². The van der Waals surface area contributed by atoms with E-state index in [0.717, 1.165) is 19.5 Å². The number of carbonyl (C=O) groups excluding carboxylic acids is 1. The first-order chi connectivity index (χ1) is 9.06. The maximum absolute atomic E-state index is 12.0. The van der Waals surface area contributed by atoms with Gasteiger partial charge in [0.15, 0.2) is 6.61 Å². The third-order valence-electron chi connectivity index (χ3n) is 3.76. The van der Waals surface area contributed by atoms with Crippen LogP contribution in [0.15, 0.2) is 24.3 Å². The summed E-state index contributed by atoms with van der Waals surface area (Å²) in [7, 11) is 0. The van der Waals surface area contributed by atoms with Crippen LogP contribution in [0.2, 0.25) is 0 Å². The van der Waals surface area contributed by atoms with E-state index in [1.807, 2.05) is 4.90 Å². The fourth-order valence-electron chi connectivity index (χ4n) is 2.36. The smallest absolute Gasteiger partial charge is 0.260 e. The summed E-state index contributed by atoms with van der Waals surface area (Å²) in [5, 5.41) is 0. The first-order valence-electron chi connectivity index (χ1n) is 6.82. The zero-order valence-electron chi connectivity index (χ0n) is 11.6. The van der Waals surface area contributed by atoms with Crippen molar-refractivity contribution in [1.29, 1.82) is 0 Å². The molecule has 4 nitrogen and oxygen atoms in total. The molecule has 1 amide bonds. The van der Waals surface area contributed by atoms with E-state index < -0.39 is 0 Å². The average Bonchev–Trinajstić information content (AvgIpc) is 2.87. The summed E-state index contributed by atoms with van der Waals surface area (Å²) in [6.07, 6.45) is 1.10. The van der Waals surface area contributed by atoms with E-state index in [9.17, 15) is 4.79 Å². The fourth-order valence-corrected chi connectivity index (χ4v) is 2.36. The second kappa shape index (κ2) is 5.95. The predicted molar refractivity (Wildman–Crippen MR) is 75.9 cm³/mol. The first-order valence-corrected chi connectivity index (χ1v) is 6.82. The number of anilines is 1. The number of rotatable bonds is 4. The number of amides is 1. The van der Waals surface area contributed by atoms with Crippen LogP contribution in [-0.2, 0) is 4.79 Å². The molecule has 0 spiro atoms. The van der Waals surface area contributed by atoms with E-state index in [1.54, 1.807) is 24.3 Å². The number of benzene rings is 1. The van der Waals surface area contributed by atoms with Crippen molar-refractivity contribution in [2.24, 2.45) is 11.8 Å². The number of nitrogens with two attached hydrogens (primary N) is 1. The summed E-state index contributed by atoms with van der Waals surface area (Å²) in [6.45, 7) is 6.25. The number of likely N-dealkylation sites (tertiary alicyclic amines) is 1. The van der Waals surface area contributed by atoms with Crippen molar-refractivity contribution in [3.63, 3.8) is 0 Å². The quantitative estimate of drug-likeness (QED) is 0.846. The number of hydrogen-bond acceptors (Lipinski definition) is 3. The van der Waals surface area contributed by atoms with E-state index in [2.05, 4.69) is 13.8 Å². The van der Waals surface area contributed by atoms with Crippen LogP contribution >= 0.6 is 0 Å². The molecule has 1 heterocycles.